The number of benzene rings is 1. The summed E-state index contributed by atoms with van der Waals surface area (Å²) in [4.78, 5) is 2.51. The van der Waals surface area contributed by atoms with E-state index in [-0.39, 0.29) is 0 Å². The van der Waals surface area contributed by atoms with Gasteiger partial charge in [0.1, 0.15) is 12.4 Å². The van der Waals surface area contributed by atoms with Crippen molar-refractivity contribution in [2.75, 3.05) is 26.3 Å². The fraction of sp³-hybridized carbons (Fsp3) is 0.625. The Labute approximate surface area is 116 Å². The molecule has 0 aromatic heterocycles. The Bertz CT molecular complexity index is 381. The molecule has 1 aromatic rings. The minimum absolute atomic E-state index is 0.310. The fourth-order valence-electron chi connectivity index (χ4n) is 2.83. The van der Waals surface area contributed by atoms with Crippen LogP contribution in [0.2, 0.25) is 0 Å². The average Bonchev–Trinajstić information content (AvgIpc) is 2.84. The van der Waals surface area contributed by atoms with Gasteiger partial charge in [0, 0.05) is 19.2 Å². The quantitative estimate of drug-likeness (QED) is 0.821. The highest BCUT2D eigenvalue weighted by molar-refractivity contribution is 5.27. The van der Waals surface area contributed by atoms with Crippen LogP contribution in [0.25, 0.3) is 0 Å². The van der Waals surface area contributed by atoms with Crippen molar-refractivity contribution in [3.05, 3.63) is 29.8 Å². The molecule has 19 heavy (non-hydrogen) atoms. The molecule has 0 aliphatic carbocycles. The molecule has 3 nitrogen and oxygen atoms in total. The lowest BCUT2D eigenvalue weighted by molar-refractivity contribution is 0.180. The number of nitrogens with zero attached hydrogens (tertiary/aromatic N) is 1. The van der Waals surface area contributed by atoms with E-state index in [0.717, 1.165) is 31.7 Å². The van der Waals surface area contributed by atoms with E-state index in [0.29, 0.717) is 12.6 Å². The van der Waals surface area contributed by atoms with Crippen molar-refractivity contribution >= 4 is 0 Å². The lowest BCUT2D eigenvalue weighted by Crippen LogP contribution is -2.33. The average molecular weight is 263 g/mol. The predicted molar refractivity (Wildman–Crippen MR) is 77.6 cm³/mol. The first kappa shape index (κ1) is 14.4. The van der Waals surface area contributed by atoms with E-state index >= 15 is 0 Å². The summed E-state index contributed by atoms with van der Waals surface area (Å²) in [5, 5.41) is 8.92. The second-order valence-corrected chi connectivity index (χ2v) is 5.36. The molecule has 3 heteroatoms. The van der Waals surface area contributed by atoms with Crippen LogP contribution in [0.15, 0.2) is 24.3 Å². The Morgan fingerprint density at radius 2 is 2.32 bits per heavy atom. The molecule has 1 heterocycles. The van der Waals surface area contributed by atoms with E-state index in [1.165, 1.54) is 24.9 Å². The van der Waals surface area contributed by atoms with Gasteiger partial charge in [0.15, 0.2) is 0 Å². The second kappa shape index (κ2) is 7.51. The van der Waals surface area contributed by atoms with Crippen LogP contribution in [0.3, 0.4) is 0 Å². The topological polar surface area (TPSA) is 32.7 Å². The highest BCUT2D eigenvalue weighted by Crippen LogP contribution is 2.21. The standard InChI is InChI=1S/C16H25NO2/c1-14-5-2-8-16(13-14)19-12-10-17-9-3-6-15(17)7-4-11-18/h2,5,8,13,15,18H,3-4,6-7,9-12H2,1H3. The largest absolute Gasteiger partial charge is 0.492 e. The summed E-state index contributed by atoms with van der Waals surface area (Å²) >= 11 is 0. The van der Waals surface area contributed by atoms with Crippen molar-refractivity contribution in [1.82, 2.24) is 4.90 Å². The molecule has 1 aliphatic rings. The molecule has 1 saturated heterocycles. The van der Waals surface area contributed by atoms with Crippen molar-refractivity contribution in [3.8, 4) is 5.75 Å². The van der Waals surface area contributed by atoms with Crippen LogP contribution < -0.4 is 4.74 Å². The normalized spacial score (nSPS) is 19.8. The summed E-state index contributed by atoms with van der Waals surface area (Å²) in [7, 11) is 0. The maximum Gasteiger partial charge on any atom is 0.119 e. The summed E-state index contributed by atoms with van der Waals surface area (Å²) < 4.78 is 5.81. The Balaban J connectivity index is 1.72. The number of likely N-dealkylation sites (tertiary alicyclic amines) is 1. The Morgan fingerprint density at radius 1 is 1.42 bits per heavy atom. The monoisotopic (exact) mass is 263 g/mol. The van der Waals surface area contributed by atoms with E-state index in [4.69, 9.17) is 9.84 Å². The zero-order valence-corrected chi connectivity index (χ0v) is 11.8. The third-order valence-electron chi connectivity index (χ3n) is 3.83. The molecule has 1 N–H and O–H groups in total. The van der Waals surface area contributed by atoms with Crippen molar-refractivity contribution in [1.29, 1.82) is 0 Å². The molecule has 1 aliphatic heterocycles. The molecule has 1 aromatic carbocycles. The molecule has 106 valence electrons. The first-order chi connectivity index (χ1) is 9.29. The molecule has 0 amide bonds. The molecule has 0 bridgehead atoms. The lowest BCUT2D eigenvalue weighted by Gasteiger charge is -2.24. The van der Waals surface area contributed by atoms with Gasteiger partial charge in [-0.25, -0.2) is 0 Å². The third kappa shape index (κ3) is 4.51. The SMILES string of the molecule is Cc1cccc(OCCN2CCCC2CCCO)c1. The van der Waals surface area contributed by atoms with Crippen molar-refractivity contribution in [3.63, 3.8) is 0 Å². The Hall–Kier alpha value is -1.06. The van der Waals surface area contributed by atoms with Gasteiger partial charge < -0.3 is 9.84 Å². The molecule has 1 unspecified atom stereocenters. The Morgan fingerprint density at radius 3 is 3.11 bits per heavy atom. The minimum atomic E-state index is 0.310. The molecular formula is C16H25NO2. The van der Waals surface area contributed by atoms with E-state index in [2.05, 4.69) is 24.0 Å². The summed E-state index contributed by atoms with van der Waals surface area (Å²) in [5.41, 5.74) is 1.24. The zero-order chi connectivity index (χ0) is 13.5. The number of ether oxygens (including phenoxy) is 1. The second-order valence-electron chi connectivity index (χ2n) is 5.36. The smallest absolute Gasteiger partial charge is 0.119 e. The first-order valence-corrected chi connectivity index (χ1v) is 7.34. The van der Waals surface area contributed by atoms with E-state index < -0.39 is 0 Å². The van der Waals surface area contributed by atoms with Gasteiger partial charge in [0.25, 0.3) is 0 Å². The summed E-state index contributed by atoms with van der Waals surface area (Å²) in [5.74, 6) is 0.964. The Kier molecular flexibility index (Phi) is 5.67. The molecule has 1 atom stereocenters. The van der Waals surface area contributed by atoms with Crippen molar-refractivity contribution < 1.29 is 9.84 Å². The van der Waals surface area contributed by atoms with Gasteiger partial charge in [-0.2, -0.15) is 0 Å². The number of aryl methyl sites for hydroxylation is 1. The molecule has 0 spiro atoms. The van der Waals surface area contributed by atoms with Crippen LogP contribution in [0.5, 0.6) is 5.75 Å². The summed E-state index contributed by atoms with van der Waals surface area (Å²) in [6.07, 6.45) is 4.58. The van der Waals surface area contributed by atoms with Gasteiger partial charge in [-0.3, -0.25) is 4.90 Å². The van der Waals surface area contributed by atoms with Gasteiger partial charge in [0.05, 0.1) is 0 Å². The highest BCUT2D eigenvalue weighted by atomic mass is 16.5. The van der Waals surface area contributed by atoms with Crippen molar-refractivity contribution in [2.24, 2.45) is 0 Å². The van der Waals surface area contributed by atoms with Gasteiger partial charge in [-0.1, -0.05) is 12.1 Å². The molecule has 0 saturated carbocycles. The number of rotatable bonds is 7. The summed E-state index contributed by atoms with van der Waals surface area (Å²) in [6.45, 7) is 5.30. The number of aliphatic hydroxyl groups is 1. The molecule has 0 radical (unpaired) electrons. The number of aliphatic hydroxyl groups excluding tert-OH is 1. The van der Waals surface area contributed by atoms with Crippen LogP contribution >= 0.6 is 0 Å². The van der Waals surface area contributed by atoms with Crippen LogP contribution in [0.4, 0.5) is 0 Å². The van der Waals surface area contributed by atoms with E-state index in [9.17, 15) is 0 Å². The number of hydrogen-bond donors (Lipinski definition) is 1. The van der Waals surface area contributed by atoms with Gasteiger partial charge in [-0.15, -0.1) is 0 Å². The highest BCUT2D eigenvalue weighted by Gasteiger charge is 2.23. The van der Waals surface area contributed by atoms with Gasteiger partial charge >= 0.3 is 0 Å². The van der Waals surface area contributed by atoms with Gasteiger partial charge in [0.2, 0.25) is 0 Å². The van der Waals surface area contributed by atoms with Crippen LogP contribution in [-0.2, 0) is 0 Å². The summed E-state index contributed by atoms with van der Waals surface area (Å²) in [6, 6.07) is 8.85. The van der Waals surface area contributed by atoms with E-state index in [1.807, 2.05) is 12.1 Å². The zero-order valence-electron chi connectivity index (χ0n) is 11.8. The van der Waals surface area contributed by atoms with Crippen LogP contribution in [0, 0.1) is 6.92 Å². The molecule has 1 fully saturated rings. The third-order valence-corrected chi connectivity index (χ3v) is 3.83. The van der Waals surface area contributed by atoms with Crippen LogP contribution in [0.1, 0.15) is 31.2 Å². The molecule has 2 rings (SSSR count). The first-order valence-electron chi connectivity index (χ1n) is 7.34. The fourth-order valence-corrected chi connectivity index (χ4v) is 2.83. The van der Waals surface area contributed by atoms with Gasteiger partial charge in [-0.05, 0) is 56.8 Å². The van der Waals surface area contributed by atoms with E-state index in [1.54, 1.807) is 0 Å². The molecular weight excluding hydrogens is 238 g/mol. The number of hydrogen-bond acceptors (Lipinski definition) is 3. The van der Waals surface area contributed by atoms with Crippen molar-refractivity contribution in [2.45, 2.75) is 38.6 Å². The maximum absolute atomic E-state index is 8.92. The lowest BCUT2D eigenvalue weighted by atomic mass is 10.1. The predicted octanol–water partition coefficient (Wildman–Crippen LogP) is 2.61. The van der Waals surface area contributed by atoms with Crippen LogP contribution in [-0.4, -0.2) is 42.4 Å². The maximum atomic E-state index is 8.92. The minimum Gasteiger partial charge on any atom is -0.492 e.